The van der Waals surface area contributed by atoms with Gasteiger partial charge in [0, 0.05) is 23.9 Å². The van der Waals surface area contributed by atoms with Gasteiger partial charge >= 0.3 is 0 Å². The van der Waals surface area contributed by atoms with Crippen molar-refractivity contribution in [2.75, 3.05) is 5.32 Å². The Morgan fingerprint density at radius 2 is 2.19 bits per heavy atom. The second kappa shape index (κ2) is 6.17. The lowest BCUT2D eigenvalue weighted by Crippen LogP contribution is -2.14. The van der Waals surface area contributed by atoms with Gasteiger partial charge in [-0.05, 0) is 11.5 Å². The van der Waals surface area contributed by atoms with Gasteiger partial charge in [-0.1, -0.05) is 26.0 Å². The fourth-order valence-corrected chi connectivity index (χ4v) is 1.85. The third-order valence-corrected chi connectivity index (χ3v) is 2.97. The number of aromatic nitrogens is 2. The van der Waals surface area contributed by atoms with Crippen LogP contribution in [0.2, 0.25) is 0 Å². The maximum Gasteiger partial charge on any atom is 0.269 e. The summed E-state index contributed by atoms with van der Waals surface area (Å²) in [5.74, 6) is 0.478. The second-order valence-electron chi connectivity index (χ2n) is 5.02. The van der Waals surface area contributed by atoms with Crippen LogP contribution in [0.5, 0.6) is 0 Å². The molecule has 0 unspecified atom stereocenters. The van der Waals surface area contributed by atoms with Gasteiger partial charge in [-0.25, -0.2) is 0 Å². The van der Waals surface area contributed by atoms with Gasteiger partial charge in [0.15, 0.2) is 5.82 Å². The van der Waals surface area contributed by atoms with Gasteiger partial charge in [0.05, 0.1) is 11.3 Å². The number of rotatable bonds is 5. The number of H-pyrrole nitrogens is 1. The van der Waals surface area contributed by atoms with Crippen LogP contribution in [-0.4, -0.2) is 21.0 Å². The molecular formula is C14H16N4O3. The molecule has 1 aromatic carbocycles. The average molecular weight is 288 g/mol. The Bertz CT molecular complexity index is 664. The molecule has 1 amide bonds. The first-order valence-electron chi connectivity index (χ1n) is 6.54. The van der Waals surface area contributed by atoms with E-state index in [9.17, 15) is 14.9 Å². The Balaban J connectivity index is 2.01. The summed E-state index contributed by atoms with van der Waals surface area (Å²) in [6, 6.07) is 7.80. The van der Waals surface area contributed by atoms with Crippen molar-refractivity contribution in [1.82, 2.24) is 10.2 Å². The maximum atomic E-state index is 11.9. The molecule has 7 nitrogen and oxygen atoms in total. The molecule has 21 heavy (non-hydrogen) atoms. The van der Waals surface area contributed by atoms with Crippen LogP contribution < -0.4 is 5.32 Å². The Hall–Kier alpha value is -2.70. The van der Waals surface area contributed by atoms with Crippen LogP contribution in [0.1, 0.15) is 31.0 Å². The first-order valence-corrected chi connectivity index (χ1v) is 6.54. The standard InChI is InChI=1S/C14H16N4O3/c1-9(2)12-8-13(17-16-12)15-14(19)7-10-4-3-5-11(6-10)18(20)21/h3-6,8-9H,7H2,1-2H3,(H2,15,16,17,19). The molecule has 0 bridgehead atoms. The van der Waals surface area contributed by atoms with Crippen LogP contribution in [0.4, 0.5) is 11.5 Å². The second-order valence-corrected chi connectivity index (χ2v) is 5.02. The SMILES string of the molecule is CC(C)c1cc(NC(=O)Cc2cccc([N+](=O)[O-])c2)n[nH]1. The van der Waals surface area contributed by atoms with E-state index in [4.69, 9.17) is 0 Å². The van der Waals surface area contributed by atoms with Crippen molar-refractivity contribution in [1.29, 1.82) is 0 Å². The largest absolute Gasteiger partial charge is 0.309 e. The van der Waals surface area contributed by atoms with E-state index >= 15 is 0 Å². The summed E-state index contributed by atoms with van der Waals surface area (Å²) in [5, 5.41) is 20.2. The maximum absolute atomic E-state index is 11.9. The van der Waals surface area contributed by atoms with Crippen molar-refractivity contribution in [2.45, 2.75) is 26.2 Å². The third kappa shape index (κ3) is 3.88. The van der Waals surface area contributed by atoms with E-state index in [0.717, 1.165) is 5.69 Å². The number of nitro groups is 1. The van der Waals surface area contributed by atoms with Crippen LogP contribution in [0.15, 0.2) is 30.3 Å². The number of aromatic amines is 1. The number of hydrogen-bond acceptors (Lipinski definition) is 4. The molecule has 2 N–H and O–H groups in total. The molecular weight excluding hydrogens is 272 g/mol. The van der Waals surface area contributed by atoms with Gasteiger partial charge in [0.1, 0.15) is 0 Å². The van der Waals surface area contributed by atoms with Crippen molar-refractivity contribution < 1.29 is 9.72 Å². The zero-order valence-corrected chi connectivity index (χ0v) is 11.8. The van der Waals surface area contributed by atoms with E-state index in [1.807, 2.05) is 13.8 Å². The summed E-state index contributed by atoms with van der Waals surface area (Å²) in [6.45, 7) is 4.03. The molecule has 0 aliphatic heterocycles. The predicted octanol–water partition coefficient (Wildman–Crippen LogP) is 2.62. The first kappa shape index (κ1) is 14.7. The Morgan fingerprint density at radius 1 is 1.43 bits per heavy atom. The summed E-state index contributed by atoms with van der Waals surface area (Å²) in [7, 11) is 0. The molecule has 1 aromatic heterocycles. The van der Waals surface area contributed by atoms with Crippen LogP contribution in [0, 0.1) is 10.1 Å². The summed E-state index contributed by atoms with van der Waals surface area (Å²) >= 11 is 0. The molecule has 0 saturated carbocycles. The van der Waals surface area contributed by atoms with E-state index < -0.39 is 4.92 Å². The number of nitrogens with zero attached hydrogens (tertiary/aromatic N) is 2. The summed E-state index contributed by atoms with van der Waals surface area (Å²) in [4.78, 5) is 22.1. The molecule has 110 valence electrons. The Labute approximate surface area is 121 Å². The van der Waals surface area contributed by atoms with E-state index in [-0.39, 0.29) is 18.0 Å². The number of benzene rings is 1. The van der Waals surface area contributed by atoms with Gasteiger partial charge in [-0.3, -0.25) is 20.0 Å². The zero-order chi connectivity index (χ0) is 15.4. The van der Waals surface area contributed by atoms with Crippen molar-refractivity contribution in [3.63, 3.8) is 0 Å². The number of non-ortho nitro benzene ring substituents is 1. The number of hydrogen-bond donors (Lipinski definition) is 2. The quantitative estimate of drug-likeness (QED) is 0.652. The van der Waals surface area contributed by atoms with Crippen LogP contribution in [0.25, 0.3) is 0 Å². The highest BCUT2D eigenvalue weighted by Gasteiger charge is 2.11. The molecule has 0 saturated heterocycles. The highest BCUT2D eigenvalue weighted by atomic mass is 16.6. The fraction of sp³-hybridized carbons (Fsp3) is 0.286. The Morgan fingerprint density at radius 3 is 2.81 bits per heavy atom. The van der Waals surface area contributed by atoms with Gasteiger partial charge in [-0.15, -0.1) is 0 Å². The lowest BCUT2D eigenvalue weighted by molar-refractivity contribution is -0.384. The van der Waals surface area contributed by atoms with Crippen LogP contribution >= 0.6 is 0 Å². The summed E-state index contributed by atoms with van der Waals surface area (Å²) in [6.07, 6.45) is 0.0611. The fourth-order valence-electron chi connectivity index (χ4n) is 1.85. The molecule has 2 aromatic rings. The minimum Gasteiger partial charge on any atom is -0.309 e. The number of carbonyl (C=O) groups is 1. The topological polar surface area (TPSA) is 101 Å². The molecule has 0 aliphatic carbocycles. The molecule has 0 aliphatic rings. The molecule has 2 rings (SSSR count). The number of carbonyl (C=O) groups excluding carboxylic acids is 1. The normalized spacial score (nSPS) is 10.6. The minimum absolute atomic E-state index is 0.0258. The van der Waals surface area contributed by atoms with Crippen molar-refractivity contribution >= 4 is 17.4 Å². The average Bonchev–Trinajstić information content (AvgIpc) is 2.87. The van der Waals surface area contributed by atoms with E-state index in [1.165, 1.54) is 12.1 Å². The number of nitro benzene ring substituents is 1. The number of amides is 1. The lowest BCUT2D eigenvalue weighted by atomic mass is 10.1. The summed E-state index contributed by atoms with van der Waals surface area (Å²) in [5.41, 5.74) is 1.49. The van der Waals surface area contributed by atoms with Gasteiger partial charge < -0.3 is 5.32 Å². The smallest absolute Gasteiger partial charge is 0.269 e. The molecule has 1 heterocycles. The van der Waals surface area contributed by atoms with E-state index in [1.54, 1.807) is 18.2 Å². The van der Waals surface area contributed by atoms with Crippen molar-refractivity contribution in [2.24, 2.45) is 0 Å². The van der Waals surface area contributed by atoms with Crippen LogP contribution in [-0.2, 0) is 11.2 Å². The van der Waals surface area contributed by atoms with Crippen molar-refractivity contribution in [3.05, 3.63) is 51.7 Å². The molecule has 0 atom stereocenters. The predicted molar refractivity (Wildman–Crippen MR) is 78.1 cm³/mol. The number of nitrogens with one attached hydrogen (secondary N) is 2. The van der Waals surface area contributed by atoms with Crippen LogP contribution in [0.3, 0.4) is 0 Å². The van der Waals surface area contributed by atoms with E-state index in [2.05, 4.69) is 15.5 Å². The molecule has 0 radical (unpaired) electrons. The zero-order valence-electron chi connectivity index (χ0n) is 11.8. The first-order chi connectivity index (χ1) is 9.95. The third-order valence-electron chi connectivity index (χ3n) is 2.97. The van der Waals surface area contributed by atoms with Gasteiger partial charge in [-0.2, -0.15) is 5.10 Å². The van der Waals surface area contributed by atoms with E-state index in [0.29, 0.717) is 17.3 Å². The van der Waals surface area contributed by atoms with Gasteiger partial charge in [0.25, 0.3) is 5.69 Å². The van der Waals surface area contributed by atoms with Crippen molar-refractivity contribution in [3.8, 4) is 0 Å². The minimum atomic E-state index is -0.482. The summed E-state index contributed by atoms with van der Waals surface area (Å²) < 4.78 is 0. The number of anilines is 1. The molecule has 7 heteroatoms. The molecule has 0 spiro atoms. The lowest BCUT2D eigenvalue weighted by Gasteiger charge is -2.02. The monoisotopic (exact) mass is 288 g/mol. The Kier molecular flexibility index (Phi) is 4.32. The molecule has 0 fully saturated rings. The van der Waals surface area contributed by atoms with Gasteiger partial charge in [0.2, 0.25) is 5.91 Å². The highest BCUT2D eigenvalue weighted by molar-refractivity contribution is 5.91. The highest BCUT2D eigenvalue weighted by Crippen LogP contribution is 2.16.